The van der Waals surface area contributed by atoms with Crippen LogP contribution < -0.4 is 5.73 Å². The van der Waals surface area contributed by atoms with Gasteiger partial charge in [0.25, 0.3) is 0 Å². The van der Waals surface area contributed by atoms with Crippen LogP contribution in [0.3, 0.4) is 0 Å². The highest BCUT2D eigenvalue weighted by Gasteiger charge is 2.19. The number of piperazine rings is 1. The molecule has 1 saturated heterocycles. The quantitative estimate of drug-likeness (QED) is 0.381. The summed E-state index contributed by atoms with van der Waals surface area (Å²) in [7, 11) is 0. The van der Waals surface area contributed by atoms with Crippen LogP contribution in [0.1, 0.15) is 5.56 Å². The van der Waals surface area contributed by atoms with Gasteiger partial charge in [0, 0.05) is 43.3 Å². The Morgan fingerprint density at radius 3 is 2.55 bits per heavy atom. The first-order valence-electron chi connectivity index (χ1n) is 6.44. The van der Waals surface area contributed by atoms with Crippen molar-refractivity contribution in [2.75, 3.05) is 32.7 Å². The summed E-state index contributed by atoms with van der Waals surface area (Å²) in [5.41, 5.74) is 6.02. The minimum Gasteiger partial charge on any atom is -0.409 e. The fourth-order valence-electron chi connectivity index (χ4n) is 2.27. The van der Waals surface area contributed by atoms with E-state index < -0.39 is 0 Å². The van der Waals surface area contributed by atoms with Gasteiger partial charge < -0.3 is 10.9 Å². The van der Waals surface area contributed by atoms with E-state index in [0.29, 0.717) is 23.7 Å². The second-order valence-corrected chi connectivity index (χ2v) is 5.25. The Morgan fingerprint density at radius 1 is 1.30 bits per heavy atom. The van der Waals surface area contributed by atoms with Crippen molar-refractivity contribution in [1.82, 2.24) is 9.80 Å². The fourth-order valence-corrected chi connectivity index (χ4v) is 2.50. The molecule has 1 aliphatic heterocycles. The van der Waals surface area contributed by atoms with E-state index in [-0.39, 0.29) is 11.7 Å². The second kappa shape index (κ2) is 6.88. The smallest absolute Gasteiger partial charge is 0.153 e. The fraction of sp³-hybridized carbons (Fsp3) is 0.462. The highest BCUT2D eigenvalue weighted by atomic mass is 35.5. The zero-order valence-corrected chi connectivity index (χ0v) is 11.9. The molecule has 0 unspecified atom stereocenters. The molecule has 0 atom stereocenters. The summed E-state index contributed by atoms with van der Waals surface area (Å²) >= 11 is 6.03. The van der Waals surface area contributed by atoms with Crippen LogP contribution in [0.15, 0.2) is 23.4 Å². The normalized spacial score (nSPS) is 18.4. The van der Waals surface area contributed by atoms with Crippen LogP contribution in [0.25, 0.3) is 0 Å². The summed E-state index contributed by atoms with van der Waals surface area (Å²) in [4.78, 5) is 4.24. The van der Waals surface area contributed by atoms with Gasteiger partial charge in [-0.15, -0.1) is 0 Å². The van der Waals surface area contributed by atoms with Gasteiger partial charge in [-0.05, 0) is 12.1 Å². The Labute approximate surface area is 122 Å². The lowest BCUT2D eigenvalue weighted by molar-refractivity contribution is 0.138. The minimum absolute atomic E-state index is 0.204. The SMILES string of the molecule is NC(CN1CCN(Cc2c(F)cccc2Cl)CC1)=NO. The van der Waals surface area contributed by atoms with Gasteiger partial charge in [-0.1, -0.05) is 22.8 Å². The van der Waals surface area contributed by atoms with Crippen molar-refractivity contribution < 1.29 is 9.60 Å². The Kier molecular flexibility index (Phi) is 5.17. The summed E-state index contributed by atoms with van der Waals surface area (Å²) < 4.78 is 13.7. The minimum atomic E-state index is -0.267. The third kappa shape index (κ3) is 3.82. The zero-order chi connectivity index (χ0) is 14.5. The number of rotatable bonds is 4. The lowest BCUT2D eigenvalue weighted by Crippen LogP contribution is -2.48. The molecule has 0 spiro atoms. The predicted octanol–water partition coefficient (Wildman–Crippen LogP) is 1.34. The molecule has 7 heteroatoms. The predicted molar refractivity (Wildman–Crippen MR) is 76.5 cm³/mol. The van der Waals surface area contributed by atoms with Gasteiger partial charge in [-0.2, -0.15) is 0 Å². The first-order chi connectivity index (χ1) is 9.60. The Bertz CT molecular complexity index is 469. The molecular formula is C13H18ClFN4O. The van der Waals surface area contributed by atoms with Crippen molar-refractivity contribution in [2.45, 2.75) is 6.54 Å². The molecule has 1 fully saturated rings. The van der Waals surface area contributed by atoms with Gasteiger partial charge in [-0.3, -0.25) is 9.80 Å². The maximum Gasteiger partial charge on any atom is 0.153 e. The number of benzene rings is 1. The maximum absolute atomic E-state index is 13.7. The van der Waals surface area contributed by atoms with Gasteiger partial charge >= 0.3 is 0 Å². The molecule has 0 bridgehead atoms. The molecular weight excluding hydrogens is 283 g/mol. The third-order valence-corrected chi connectivity index (χ3v) is 3.78. The number of halogens is 2. The third-order valence-electron chi connectivity index (χ3n) is 3.42. The van der Waals surface area contributed by atoms with Crippen molar-refractivity contribution in [3.8, 4) is 0 Å². The van der Waals surface area contributed by atoms with Crippen molar-refractivity contribution in [1.29, 1.82) is 0 Å². The molecule has 0 amide bonds. The number of nitrogens with two attached hydrogens (primary N) is 1. The monoisotopic (exact) mass is 300 g/mol. The first-order valence-corrected chi connectivity index (χ1v) is 6.82. The topological polar surface area (TPSA) is 65.1 Å². The zero-order valence-electron chi connectivity index (χ0n) is 11.1. The number of hydrogen-bond donors (Lipinski definition) is 2. The Morgan fingerprint density at radius 2 is 1.95 bits per heavy atom. The lowest BCUT2D eigenvalue weighted by Gasteiger charge is -2.34. The average molecular weight is 301 g/mol. The Hall–Kier alpha value is -1.37. The highest BCUT2D eigenvalue weighted by molar-refractivity contribution is 6.31. The average Bonchev–Trinajstić information content (AvgIpc) is 2.44. The van der Waals surface area contributed by atoms with Gasteiger partial charge in [-0.25, -0.2) is 4.39 Å². The number of nitrogens with zero attached hydrogens (tertiary/aromatic N) is 3. The highest BCUT2D eigenvalue weighted by Crippen LogP contribution is 2.21. The molecule has 0 saturated carbocycles. The van der Waals surface area contributed by atoms with Crippen LogP contribution in [0.5, 0.6) is 0 Å². The van der Waals surface area contributed by atoms with E-state index in [1.165, 1.54) is 6.07 Å². The summed E-state index contributed by atoms with van der Waals surface area (Å²) in [5, 5.41) is 12.0. The number of oxime groups is 1. The standard InChI is InChI=1S/C13H18ClFN4O/c14-11-2-1-3-12(15)10(11)8-18-4-6-19(7-5-18)9-13(16)17-20/h1-3,20H,4-9H2,(H2,16,17). The molecule has 2 rings (SSSR count). The molecule has 110 valence electrons. The van der Waals surface area contributed by atoms with Crippen LogP contribution in [0, 0.1) is 5.82 Å². The van der Waals surface area contributed by atoms with E-state index in [2.05, 4.69) is 15.0 Å². The van der Waals surface area contributed by atoms with E-state index in [1.54, 1.807) is 12.1 Å². The van der Waals surface area contributed by atoms with Crippen molar-refractivity contribution in [3.05, 3.63) is 34.6 Å². The van der Waals surface area contributed by atoms with Crippen molar-refractivity contribution >= 4 is 17.4 Å². The number of amidine groups is 1. The van der Waals surface area contributed by atoms with Gasteiger partial charge in [0.15, 0.2) is 5.84 Å². The molecule has 1 aromatic rings. The van der Waals surface area contributed by atoms with Gasteiger partial charge in [0.05, 0.1) is 6.54 Å². The molecule has 1 aromatic carbocycles. The van der Waals surface area contributed by atoms with E-state index in [0.717, 1.165) is 26.2 Å². The first kappa shape index (κ1) is 15.0. The Balaban J connectivity index is 1.89. The van der Waals surface area contributed by atoms with E-state index >= 15 is 0 Å². The van der Waals surface area contributed by atoms with Crippen LogP contribution in [-0.2, 0) is 6.54 Å². The van der Waals surface area contributed by atoms with Crippen molar-refractivity contribution in [3.63, 3.8) is 0 Å². The summed E-state index contributed by atoms with van der Waals surface area (Å²) in [6.07, 6.45) is 0. The molecule has 3 N–H and O–H groups in total. The molecule has 20 heavy (non-hydrogen) atoms. The lowest BCUT2D eigenvalue weighted by atomic mass is 10.2. The van der Waals surface area contributed by atoms with E-state index in [1.807, 2.05) is 0 Å². The summed E-state index contributed by atoms with van der Waals surface area (Å²) in [5.74, 6) is -0.0628. The molecule has 1 aliphatic rings. The summed E-state index contributed by atoms with van der Waals surface area (Å²) in [6, 6.07) is 4.74. The molecule has 0 aliphatic carbocycles. The van der Waals surface area contributed by atoms with Crippen LogP contribution in [0.2, 0.25) is 5.02 Å². The molecule has 0 radical (unpaired) electrons. The van der Waals surface area contributed by atoms with Gasteiger partial charge in [0.1, 0.15) is 5.82 Å². The van der Waals surface area contributed by atoms with Crippen LogP contribution in [-0.4, -0.2) is 53.6 Å². The maximum atomic E-state index is 13.7. The summed E-state index contributed by atoms with van der Waals surface area (Å²) in [6.45, 7) is 4.13. The van der Waals surface area contributed by atoms with Crippen molar-refractivity contribution in [2.24, 2.45) is 10.9 Å². The van der Waals surface area contributed by atoms with E-state index in [9.17, 15) is 4.39 Å². The largest absolute Gasteiger partial charge is 0.409 e. The van der Waals surface area contributed by atoms with Crippen LogP contribution in [0.4, 0.5) is 4.39 Å². The number of hydrogen-bond acceptors (Lipinski definition) is 4. The molecule has 5 nitrogen and oxygen atoms in total. The second-order valence-electron chi connectivity index (χ2n) is 4.84. The molecule has 0 aromatic heterocycles. The van der Waals surface area contributed by atoms with Gasteiger partial charge in [0.2, 0.25) is 0 Å². The molecule has 1 heterocycles. The van der Waals surface area contributed by atoms with E-state index in [4.69, 9.17) is 22.5 Å². The van der Waals surface area contributed by atoms with Crippen LogP contribution >= 0.6 is 11.6 Å².